The molecule has 0 heterocycles. The highest BCUT2D eigenvalue weighted by atomic mass is 14.4. The van der Waals surface area contributed by atoms with E-state index in [0.717, 1.165) is 0 Å². The first-order chi connectivity index (χ1) is 38.2. The Bertz CT molecular complexity index is 4880. The third kappa shape index (κ3) is 6.47. The first-order valence-corrected chi connectivity index (χ1v) is 27.6. The minimum atomic E-state index is -0.132. The molecule has 0 N–H and O–H groups in total. The molecule has 0 saturated heterocycles. The third-order valence-electron chi connectivity index (χ3n) is 18.2. The van der Waals surface area contributed by atoms with Gasteiger partial charge in [0.2, 0.25) is 0 Å². The maximum atomic E-state index is 2.52. The van der Waals surface area contributed by atoms with E-state index >= 15 is 0 Å². The van der Waals surface area contributed by atoms with Gasteiger partial charge in [0.1, 0.15) is 0 Å². The van der Waals surface area contributed by atoms with Crippen molar-refractivity contribution in [2.75, 3.05) is 0 Å². The average molecular weight is 991 g/mol. The summed E-state index contributed by atoms with van der Waals surface area (Å²) in [6.07, 6.45) is 0. The number of fused-ring (bicyclic) bond motifs is 16. The molecule has 14 aromatic rings. The van der Waals surface area contributed by atoms with Gasteiger partial charge >= 0.3 is 0 Å². The second-order valence-electron chi connectivity index (χ2n) is 23.1. The highest BCUT2D eigenvalue weighted by molar-refractivity contribution is 6.26. The minimum absolute atomic E-state index is 0.102. The van der Waals surface area contributed by atoms with Crippen molar-refractivity contribution in [3.8, 4) is 77.9 Å². The predicted molar refractivity (Wildman–Crippen MR) is 334 cm³/mol. The largest absolute Gasteiger partial charge is 0.0622 e. The first-order valence-electron chi connectivity index (χ1n) is 27.6. The van der Waals surface area contributed by atoms with Gasteiger partial charge in [-0.3, -0.25) is 0 Å². The molecule has 0 spiro atoms. The molecule has 14 aromatic carbocycles. The molecule has 0 saturated carbocycles. The number of benzene rings is 14. The summed E-state index contributed by atoms with van der Waals surface area (Å²) in [5.41, 5.74) is 23.0. The van der Waals surface area contributed by atoms with Gasteiger partial charge in [0.25, 0.3) is 0 Å². The van der Waals surface area contributed by atoms with E-state index in [0.29, 0.717) is 0 Å². The predicted octanol–water partition coefficient (Wildman–Crippen LogP) is 21.6. The highest BCUT2D eigenvalue weighted by Gasteiger charge is 2.37. The van der Waals surface area contributed by atoms with Crippen molar-refractivity contribution in [1.82, 2.24) is 0 Å². The van der Waals surface area contributed by atoms with E-state index in [4.69, 9.17) is 0 Å². The lowest BCUT2D eigenvalue weighted by Gasteiger charge is -2.23. The fourth-order valence-electron chi connectivity index (χ4n) is 14.3. The standard InChI is InChI=1S/C78H54/c1-77(2)73-29-17-15-27-59(73)61-37-33-51(41-75(61)77)65-45-72-58-36-32-50(40-68(58)66(46-70(72)56-26-14-12-24-54(56)65)52-34-38-62-60-28-16-18-30-74(60)78(3,4)76(62)42-52)49-31-35-57-67(39-49)64(48-21-9-6-10-22-48)44-69-55-25-13-11-23-53(55)63(43-71(57)69)47-19-7-5-8-20-47/h5-46H,1-4H3. The van der Waals surface area contributed by atoms with Crippen LogP contribution >= 0.6 is 0 Å². The van der Waals surface area contributed by atoms with Crippen LogP contribution in [0.25, 0.3) is 143 Å². The van der Waals surface area contributed by atoms with Gasteiger partial charge in [-0.2, -0.15) is 0 Å². The van der Waals surface area contributed by atoms with E-state index < -0.39 is 0 Å². The van der Waals surface area contributed by atoms with Crippen molar-refractivity contribution in [2.45, 2.75) is 38.5 Å². The van der Waals surface area contributed by atoms with E-state index in [1.165, 1.54) is 165 Å². The van der Waals surface area contributed by atoms with Gasteiger partial charge < -0.3 is 0 Å². The summed E-state index contributed by atoms with van der Waals surface area (Å²) in [5, 5.41) is 15.2. The normalized spacial score (nSPS) is 13.8. The zero-order valence-corrected chi connectivity index (χ0v) is 44.2. The molecule has 0 atom stereocenters. The van der Waals surface area contributed by atoms with Crippen molar-refractivity contribution >= 4 is 64.6 Å². The monoisotopic (exact) mass is 990 g/mol. The van der Waals surface area contributed by atoms with Crippen LogP contribution in [0, 0.1) is 0 Å². The maximum absolute atomic E-state index is 2.52. The molecule has 366 valence electrons. The molecule has 2 aliphatic rings. The summed E-state index contributed by atoms with van der Waals surface area (Å²) in [5.74, 6) is 0. The van der Waals surface area contributed by atoms with Crippen LogP contribution in [-0.4, -0.2) is 0 Å². The smallest absolute Gasteiger partial charge is 0.0159 e. The Hall–Kier alpha value is -9.36. The Balaban J connectivity index is 0.948. The molecular weight excluding hydrogens is 937 g/mol. The number of hydrogen-bond donors (Lipinski definition) is 0. The zero-order chi connectivity index (χ0) is 52.0. The summed E-state index contributed by atoms with van der Waals surface area (Å²) in [4.78, 5) is 0. The maximum Gasteiger partial charge on any atom is 0.0159 e. The van der Waals surface area contributed by atoms with Gasteiger partial charge in [-0.25, -0.2) is 0 Å². The zero-order valence-electron chi connectivity index (χ0n) is 44.2. The lowest BCUT2D eigenvalue weighted by Crippen LogP contribution is -2.14. The summed E-state index contributed by atoms with van der Waals surface area (Å²) in [6.45, 7) is 9.55. The molecule has 0 fully saturated rings. The Labute approximate surface area is 455 Å². The van der Waals surface area contributed by atoms with E-state index in [-0.39, 0.29) is 10.8 Å². The van der Waals surface area contributed by atoms with E-state index in [1.807, 2.05) is 0 Å². The molecule has 0 heteroatoms. The highest BCUT2D eigenvalue weighted by Crippen LogP contribution is 2.53. The molecule has 0 aliphatic heterocycles. The lowest BCUT2D eigenvalue weighted by molar-refractivity contribution is 0.660. The number of rotatable bonds is 5. The summed E-state index contributed by atoms with van der Waals surface area (Å²) in [7, 11) is 0. The second-order valence-corrected chi connectivity index (χ2v) is 23.1. The van der Waals surface area contributed by atoms with Gasteiger partial charge in [0.15, 0.2) is 0 Å². The Kier molecular flexibility index (Phi) is 9.54. The molecular formula is C78H54. The topological polar surface area (TPSA) is 0 Å². The van der Waals surface area contributed by atoms with Gasteiger partial charge in [0.05, 0.1) is 0 Å². The Morgan fingerprint density at radius 1 is 0.167 bits per heavy atom. The van der Waals surface area contributed by atoms with Gasteiger partial charge in [-0.05, 0) is 213 Å². The molecule has 16 rings (SSSR count). The van der Waals surface area contributed by atoms with Crippen LogP contribution in [0.4, 0.5) is 0 Å². The second kappa shape index (κ2) is 16.6. The van der Waals surface area contributed by atoms with Crippen LogP contribution in [0.3, 0.4) is 0 Å². The molecule has 0 radical (unpaired) electrons. The van der Waals surface area contributed by atoms with Crippen LogP contribution in [-0.2, 0) is 10.8 Å². The van der Waals surface area contributed by atoms with Crippen LogP contribution < -0.4 is 0 Å². The quantitative estimate of drug-likeness (QED) is 0.151. The molecule has 0 amide bonds. The molecule has 0 unspecified atom stereocenters. The molecule has 0 aromatic heterocycles. The van der Waals surface area contributed by atoms with Crippen molar-refractivity contribution < 1.29 is 0 Å². The first kappa shape index (κ1) is 44.9. The van der Waals surface area contributed by atoms with Gasteiger partial charge in [0, 0.05) is 10.8 Å². The summed E-state index contributed by atoms with van der Waals surface area (Å²) in [6, 6.07) is 96.7. The van der Waals surface area contributed by atoms with Crippen LogP contribution in [0.1, 0.15) is 49.9 Å². The van der Waals surface area contributed by atoms with E-state index in [1.54, 1.807) is 0 Å². The van der Waals surface area contributed by atoms with Crippen LogP contribution in [0.2, 0.25) is 0 Å². The average Bonchev–Trinajstić information content (AvgIpc) is 4.06. The van der Waals surface area contributed by atoms with Crippen molar-refractivity contribution in [2.24, 2.45) is 0 Å². The lowest BCUT2D eigenvalue weighted by atomic mass is 9.80. The SMILES string of the molecule is CC1(C)c2ccccc2-c2ccc(-c3cc4c5ccc(-c6ccc7c(c6)c(-c6ccccc6)cc6c8ccccc8c(-c8ccccc8)cc76)cc5c(-c5ccc6c(c5)C(C)(C)c5ccccc5-6)cc4c4ccccc34)cc21. The van der Waals surface area contributed by atoms with Crippen molar-refractivity contribution in [1.29, 1.82) is 0 Å². The fraction of sp³-hybridized carbons (Fsp3) is 0.0769. The summed E-state index contributed by atoms with van der Waals surface area (Å²) < 4.78 is 0. The minimum Gasteiger partial charge on any atom is -0.0622 e. The van der Waals surface area contributed by atoms with E-state index in [2.05, 4.69) is 282 Å². The van der Waals surface area contributed by atoms with Gasteiger partial charge in [-0.1, -0.05) is 234 Å². The molecule has 2 aliphatic carbocycles. The fourth-order valence-corrected chi connectivity index (χ4v) is 14.3. The van der Waals surface area contributed by atoms with Crippen LogP contribution in [0.5, 0.6) is 0 Å². The molecule has 78 heavy (non-hydrogen) atoms. The molecule has 0 nitrogen and oxygen atoms in total. The number of hydrogen-bond acceptors (Lipinski definition) is 0. The van der Waals surface area contributed by atoms with Crippen molar-refractivity contribution in [3.63, 3.8) is 0 Å². The van der Waals surface area contributed by atoms with Crippen LogP contribution in [0.15, 0.2) is 255 Å². The Morgan fingerprint density at radius 3 is 0.910 bits per heavy atom. The van der Waals surface area contributed by atoms with E-state index in [9.17, 15) is 0 Å². The molecule has 0 bridgehead atoms. The van der Waals surface area contributed by atoms with Gasteiger partial charge in [-0.15, -0.1) is 0 Å². The Morgan fingerprint density at radius 2 is 0.474 bits per heavy atom. The third-order valence-corrected chi connectivity index (χ3v) is 18.2. The van der Waals surface area contributed by atoms with Crippen molar-refractivity contribution in [3.05, 3.63) is 277 Å². The summed E-state index contributed by atoms with van der Waals surface area (Å²) >= 11 is 0.